The fourth-order valence-corrected chi connectivity index (χ4v) is 0.923. The molecule has 0 saturated carbocycles. The molecule has 0 amide bonds. The van der Waals surface area contributed by atoms with Crippen LogP contribution in [0.4, 0.5) is 27.6 Å². The first-order valence-electron chi connectivity index (χ1n) is 4.47. The van der Waals surface area contributed by atoms with Crippen molar-refractivity contribution in [2.45, 2.75) is 12.1 Å². The number of rotatable bonds is 3. The summed E-state index contributed by atoms with van der Waals surface area (Å²) in [5.41, 5.74) is -0.442. The van der Waals surface area contributed by atoms with Crippen molar-refractivity contribution in [1.29, 1.82) is 0 Å². The largest absolute Gasteiger partial charge is 0.465 e. The van der Waals surface area contributed by atoms with Gasteiger partial charge in [-0.15, -0.1) is 0 Å². The van der Waals surface area contributed by atoms with Crippen LogP contribution in [-0.4, -0.2) is 23.0 Å². The number of esters is 1. The summed E-state index contributed by atoms with van der Waals surface area (Å²) in [5, 5.41) is 10.3. The molecule has 0 N–H and O–H groups in total. The summed E-state index contributed by atoms with van der Waals surface area (Å²) in [7, 11) is 0. The number of ether oxygens (including phenoxy) is 1. The van der Waals surface area contributed by atoms with Crippen LogP contribution < -0.4 is 4.74 Å². The molecule has 0 aliphatic rings. The third-order valence-electron chi connectivity index (χ3n) is 1.87. The van der Waals surface area contributed by atoms with E-state index in [-0.39, 0.29) is 0 Å². The second-order valence-corrected chi connectivity index (χ2v) is 3.21. The van der Waals surface area contributed by atoms with Crippen LogP contribution >= 0.6 is 0 Å². The van der Waals surface area contributed by atoms with Gasteiger partial charge in [0.2, 0.25) is 0 Å². The molecule has 0 unspecified atom stereocenters. The molecule has 1 rings (SSSR count). The molecular formula is C9H4F5NO4. The molecule has 1 aromatic rings. The van der Waals surface area contributed by atoms with Crippen molar-refractivity contribution in [3.8, 4) is 5.75 Å². The highest BCUT2D eigenvalue weighted by molar-refractivity contribution is 5.80. The summed E-state index contributed by atoms with van der Waals surface area (Å²) in [4.78, 5) is 20.1. The number of nitro groups is 1. The van der Waals surface area contributed by atoms with Crippen molar-refractivity contribution < 1.29 is 36.4 Å². The van der Waals surface area contributed by atoms with E-state index in [1.54, 1.807) is 0 Å². The Morgan fingerprint density at radius 3 is 1.95 bits per heavy atom. The van der Waals surface area contributed by atoms with E-state index in [1.807, 2.05) is 0 Å². The van der Waals surface area contributed by atoms with Gasteiger partial charge in [0.05, 0.1) is 4.92 Å². The Morgan fingerprint density at radius 2 is 1.58 bits per heavy atom. The number of non-ortho nitro benzene ring substituents is 1. The van der Waals surface area contributed by atoms with Gasteiger partial charge in [-0.05, 0) is 12.1 Å². The molecule has 10 heteroatoms. The number of nitro benzene ring substituents is 1. The summed E-state index contributed by atoms with van der Waals surface area (Å²) in [6.45, 7) is 0. The molecule has 0 atom stereocenters. The number of carbonyl (C=O) groups is 1. The minimum absolute atomic E-state index is 0.442. The van der Waals surface area contributed by atoms with Gasteiger partial charge in [-0.25, -0.2) is 4.79 Å². The maximum Gasteiger partial charge on any atom is 0.465 e. The zero-order chi connectivity index (χ0) is 14.8. The molecule has 0 heterocycles. The third-order valence-corrected chi connectivity index (χ3v) is 1.87. The molecule has 19 heavy (non-hydrogen) atoms. The SMILES string of the molecule is O=C(Oc1ccc([N+](=O)[O-])cc1)C(F)(F)C(F)(F)F. The average Bonchev–Trinajstić information content (AvgIpc) is 2.28. The van der Waals surface area contributed by atoms with Gasteiger partial charge in [0.15, 0.2) is 0 Å². The van der Waals surface area contributed by atoms with E-state index in [1.165, 1.54) is 0 Å². The first-order chi connectivity index (χ1) is 8.55. The standard InChI is InChI=1S/C9H4F5NO4/c10-8(11,9(12,13)14)7(16)19-6-3-1-5(2-4-6)15(17)18/h1-4H. The number of nitrogens with zero attached hydrogens (tertiary/aromatic N) is 1. The maximum atomic E-state index is 12.5. The summed E-state index contributed by atoms with van der Waals surface area (Å²) in [6, 6.07) is 3.02. The molecular weight excluding hydrogens is 281 g/mol. The lowest BCUT2D eigenvalue weighted by Crippen LogP contribution is -2.46. The Kier molecular flexibility index (Phi) is 3.73. The minimum Gasteiger partial charge on any atom is -0.422 e. The topological polar surface area (TPSA) is 69.4 Å². The summed E-state index contributed by atoms with van der Waals surface area (Å²) in [6.07, 6.45) is -6.08. The predicted molar refractivity (Wildman–Crippen MR) is 49.7 cm³/mol. The van der Waals surface area contributed by atoms with Crippen molar-refractivity contribution in [1.82, 2.24) is 0 Å². The first-order valence-corrected chi connectivity index (χ1v) is 4.47. The first kappa shape index (κ1) is 14.8. The molecule has 0 saturated heterocycles. The van der Waals surface area contributed by atoms with Gasteiger partial charge in [-0.2, -0.15) is 22.0 Å². The van der Waals surface area contributed by atoms with Gasteiger partial charge >= 0.3 is 18.1 Å². The van der Waals surface area contributed by atoms with Crippen LogP contribution in [0.25, 0.3) is 0 Å². The van der Waals surface area contributed by atoms with Crippen LogP contribution in [0.2, 0.25) is 0 Å². The third kappa shape index (κ3) is 3.14. The van der Waals surface area contributed by atoms with Crippen molar-refractivity contribution >= 4 is 11.7 Å². The highest BCUT2D eigenvalue weighted by Gasteiger charge is 2.65. The summed E-state index contributed by atoms with van der Waals surface area (Å²) in [5.74, 6) is -9.14. The van der Waals surface area contributed by atoms with Gasteiger partial charge in [0.25, 0.3) is 5.69 Å². The van der Waals surface area contributed by atoms with Crippen molar-refractivity contribution in [2.75, 3.05) is 0 Å². The molecule has 0 aliphatic heterocycles. The number of halogens is 5. The smallest absolute Gasteiger partial charge is 0.422 e. The zero-order valence-corrected chi connectivity index (χ0v) is 8.78. The van der Waals surface area contributed by atoms with Crippen LogP contribution in [-0.2, 0) is 4.79 Å². The molecule has 0 fully saturated rings. The van der Waals surface area contributed by atoms with Gasteiger partial charge in [0, 0.05) is 12.1 Å². The molecule has 0 aromatic heterocycles. The minimum atomic E-state index is -6.08. The monoisotopic (exact) mass is 285 g/mol. The zero-order valence-electron chi connectivity index (χ0n) is 8.78. The van der Waals surface area contributed by atoms with E-state index in [0.717, 1.165) is 24.3 Å². The Hall–Kier alpha value is -2.26. The quantitative estimate of drug-likeness (QED) is 0.281. The lowest BCUT2D eigenvalue weighted by molar-refractivity contribution is -0.384. The second kappa shape index (κ2) is 4.78. The number of hydrogen-bond acceptors (Lipinski definition) is 4. The number of alkyl halides is 5. The van der Waals surface area contributed by atoms with E-state index in [9.17, 15) is 36.9 Å². The van der Waals surface area contributed by atoms with Crippen LogP contribution in [0, 0.1) is 10.1 Å². The van der Waals surface area contributed by atoms with Gasteiger partial charge < -0.3 is 4.74 Å². The molecule has 0 aliphatic carbocycles. The Morgan fingerprint density at radius 1 is 1.11 bits per heavy atom. The normalized spacial score (nSPS) is 12.1. The number of hydrogen-bond donors (Lipinski definition) is 0. The lowest BCUT2D eigenvalue weighted by Gasteiger charge is -2.17. The molecule has 5 nitrogen and oxygen atoms in total. The van der Waals surface area contributed by atoms with Gasteiger partial charge in [-0.1, -0.05) is 0 Å². The fourth-order valence-electron chi connectivity index (χ4n) is 0.923. The molecule has 0 spiro atoms. The van der Waals surface area contributed by atoms with Crippen LogP contribution in [0.5, 0.6) is 5.75 Å². The van der Waals surface area contributed by atoms with E-state index >= 15 is 0 Å². The van der Waals surface area contributed by atoms with E-state index < -0.39 is 34.4 Å². The Labute approximate surface area is 101 Å². The number of benzene rings is 1. The molecule has 1 aromatic carbocycles. The molecule has 0 bridgehead atoms. The highest BCUT2D eigenvalue weighted by atomic mass is 19.4. The van der Waals surface area contributed by atoms with E-state index in [0.29, 0.717) is 0 Å². The average molecular weight is 285 g/mol. The van der Waals surface area contributed by atoms with Crippen LogP contribution in [0.15, 0.2) is 24.3 Å². The van der Waals surface area contributed by atoms with Crippen LogP contribution in [0.3, 0.4) is 0 Å². The van der Waals surface area contributed by atoms with Crippen LogP contribution in [0.1, 0.15) is 0 Å². The predicted octanol–water partition coefficient (Wildman–Crippen LogP) is 2.70. The second-order valence-electron chi connectivity index (χ2n) is 3.21. The molecule has 104 valence electrons. The fraction of sp³-hybridized carbons (Fsp3) is 0.222. The Balaban J connectivity index is 2.86. The summed E-state index contributed by atoms with van der Waals surface area (Å²) >= 11 is 0. The Bertz CT molecular complexity index is 496. The molecule has 0 radical (unpaired) electrons. The van der Waals surface area contributed by atoms with Crippen molar-refractivity contribution in [2.24, 2.45) is 0 Å². The summed E-state index contributed by atoms with van der Waals surface area (Å²) < 4.78 is 64.3. The van der Waals surface area contributed by atoms with Gasteiger partial charge in [0.1, 0.15) is 5.75 Å². The number of carbonyl (C=O) groups excluding carboxylic acids is 1. The maximum absolute atomic E-state index is 12.5. The highest BCUT2D eigenvalue weighted by Crippen LogP contribution is 2.36. The van der Waals surface area contributed by atoms with E-state index in [4.69, 9.17) is 0 Å². The van der Waals surface area contributed by atoms with Crippen molar-refractivity contribution in [3.63, 3.8) is 0 Å². The van der Waals surface area contributed by atoms with Gasteiger partial charge in [-0.3, -0.25) is 10.1 Å². The van der Waals surface area contributed by atoms with Crippen molar-refractivity contribution in [3.05, 3.63) is 34.4 Å². The lowest BCUT2D eigenvalue weighted by atomic mass is 10.3. The van der Waals surface area contributed by atoms with E-state index in [2.05, 4.69) is 4.74 Å².